The number of hydrogen-bond acceptors (Lipinski definition) is 5. The molecule has 1 aliphatic heterocycles. The Hall–Kier alpha value is -1.70. The Morgan fingerprint density at radius 3 is 2.77 bits per heavy atom. The van der Waals surface area contributed by atoms with Crippen LogP contribution in [0.25, 0.3) is 0 Å². The topological polar surface area (TPSA) is 80.0 Å². The molecular formula is C14H17ClN4O2S. The van der Waals surface area contributed by atoms with E-state index < -0.39 is 0 Å². The van der Waals surface area contributed by atoms with Crippen molar-refractivity contribution >= 4 is 46.1 Å². The van der Waals surface area contributed by atoms with Gasteiger partial charge >= 0.3 is 0 Å². The van der Waals surface area contributed by atoms with Crippen LogP contribution in [0.1, 0.15) is 5.56 Å². The molecule has 0 bridgehead atoms. The molecule has 1 heterocycles. The second kappa shape index (κ2) is 7.53. The number of halogens is 1. The van der Waals surface area contributed by atoms with Crippen LogP contribution in [0.5, 0.6) is 0 Å². The van der Waals surface area contributed by atoms with Gasteiger partial charge in [-0.05, 0) is 24.6 Å². The molecule has 0 saturated carbocycles. The summed E-state index contributed by atoms with van der Waals surface area (Å²) in [5.74, 6) is -0.303. The molecule has 6 nitrogen and oxygen atoms in total. The van der Waals surface area contributed by atoms with Crippen LogP contribution >= 0.6 is 23.8 Å². The fourth-order valence-corrected chi connectivity index (χ4v) is 2.28. The number of anilines is 1. The van der Waals surface area contributed by atoms with Crippen molar-refractivity contribution < 1.29 is 9.53 Å². The SMILES string of the molecule is Cc1c(Cl)cccc1N/N=C(/C(=O)N1CCOCC1)C(N)=S. The number of amides is 1. The molecule has 22 heavy (non-hydrogen) atoms. The largest absolute Gasteiger partial charge is 0.388 e. The number of hydrogen-bond donors (Lipinski definition) is 2. The van der Waals surface area contributed by atoms with Gasteiger partial charge in [0.05, 0.1) is 18.9 Å². The van der Waals surface area contributed by atoms with Gasteiger partial charge in [-0.3, -0.25) is 10.2 Å². The molecule has 3 N–H and O–H groups in total. The first-order chi connectivity index (χ1) is 10.5. The van der Waals surface area contributed by atoms with Gasteiger partial charge in [0, 0.05) is 18.1 Å². The van der Waals surface area contributed by atoms with E-state index >= 15 is 0 Å². The number of nitrogens with two attached hydrogens (primary N) is 1. The third kappa shape index (κ3) is 3.94. The van der Waals surface area contributed by atoms with Crippen LogP contribution in [0.3, 0.4) is 0 Å². The van der Waals surface area contributed by atoms with Gasteiger partial charge in [-0.1, -0.05) is 29.9 Å². The summed E-state index contributed by atoms with van der Waals surface area (Å²) in [6, 6.07) is 5.37. The number of ether oxygens (including phenoxy) is 1. The molecule has 1 saturated heterocycles. The molecule has 1 fully saturated rings. The standard InChI is InChI=1S/C14H17ClN4O2S/c1-9-10(15)3-2-4-11(9)17-18-12(13(16)22)14(20)19-5-7-21-8-6-19/h2-4,17H,5-8H2,1H3,(H2,16,22)/b18-12+. The zero-order chi connectivity index (χ0) is 16.1. The smallest absolute Gasteiger partial charge is 0.277 e. The summed E-state index contributed by atoms with van der Waals surface area (Å²) < 4.78 is 5.22. The highest BCUT2D eigenvalue weighted by Gasteiger charge is 2.24. The maximum absolute atomic E-state index is 12.4. The van der Waals surface area contributed by atoms with Crippen LogP contribution in [0.2, 0.25) is 5.02 Å². The monoisotopic (exact) mass is 340 g/mol. The van der Waals surface area contributed by atoms with Gasteiger partial charge < -0.3 is 15.4 Å². The van der Waals surface area contributed by atoms with Crippen molar-refractivity contribution in [1.82, 2.24) is 4.90 Å². The van der Waals surface area contributed by atoms with Crippen molar-refractivity contribution in [2.75, 3.05) is 31.7 Å². The highest BCUT2D eigenvalue weighted by atomic mass is 35.5. The average molecular weight is 341 g/mol. The molecule has 0 spiro atoms. The molecule has 0 atom stereocenters. The van der Waals surface area contributed by atoms with Crippen molar-refractivity contribution in [2.45, 2.75) is 6.92 Å². The van der Waals surface area contributed by atoms with E-state index in [2.05, 4.69) is 10.5 Å². The van der Waals surface area contributed by atoms with Gasteiger partial charge in [0.1, 0.15) is 4.99 Å². The van der Waals surface area contributed by atoms with Crippen LogP contribution in [0.15, 0.2) is 23.3 Å². The number of nitrogens with one attached hydrogen (secondary N) is 1. The van der Waals surface area contributed by atoms with E-state index in [1.165, 1.54) is 0 Å². The van der Waals surface area contributed by atoms with Crippen molar-refractivity contribution in [1.29, 1.82) is 0 Å². The van der Waals surface area contributed by atoms with Gasteiger partial charge in [0.2, 0.25) is 0 Å². The third-order valence-electron chi connectivity index (χ3n) is 3.29. The lowest BCUT2D eigenvalue weighted by Gasteiger charge is -2.27. The number of benzene rings is 1. The first-order valence-electron chi connectivity index (χ1n) is 6.76. The van der Waals surface area contributed by atoms with Gasteiger partial charge in [0.15, 0.2) is 5.71 Å². The number of thiocarbonyl (C=S) groups is 1. The van der Waals surface area contributed by atoms with Gasteiger partial charge in [-0.2, -0.15) is 5.10 Å². The highest BCUT2D eigenvalue weighted by molar-refractivity contribution is 7.82. The van der Waals surface area contributed by atoms with E-state index in [1.54, 1.807) is 23.1 Å². The Kier molecular flexibility index (Phi) is 5.70. The van der Waals surface area contributed by atoms with E-state index in [-0.39, 0.29) is 16.6 Å². The Morgan fingerprint density at radius 1 is 1.45 bits per heavy atom. The summed E-state index contributed by atoms with van der Waals surface area (Å²) in [5.41, 5.74) is 9.99. The minimum atomic E-state index is -0.303. The number of morpholine rings is 1. The lowest BCUT2D eigenvalue weighted by atomic mass is 10.2. The Labute approximate surface area is 139 Å². The molecule has 0 radical (unpaired) electrons. The molecule has 2 rings (SSSR count). The lowest BCUT2D eigenvalue weighted by Crippen LogP contribution is -2.47. The van der Waals surface area contributed by atoms with E-state index in [0.29, 0.717) is 37.0 Å². The molecule has 1 amide bonds. The number of nitrogens with zero attached hydrogens (tertiary/aromatic N) is 2. The van der Waals surface area contributed by atoms with E-state index in [9.17, 15) is 4.79 Å². The maximum atomic E-state index is 12.4. The van der Waals surface area contributed by atoms with Crippen LogP contribution in [0, 0.1) is 6.92 Å². The summed E-state index contributed by atoms with van der Waals surface area (Å²) in [4.78, 5) is 14.0. The van der Waals surface area contributed by atoms with Crippen molar-refractivity contribution in [3.8, 4) is 0 Å². The quantitative estimate of drug-likeness (QED) is 0.494. The Morgan fingerprint density at radius 2 is 2.14 bits per heavy atom. The van der Waals surface area contributed by atoms with E-state index in [4.69, 9.17) is 34.3 Å². The summed E-state index contributed by atoms with van der Waals surface area (Å²) in [5, 5.41) is 4.69. The van der Waals surface area contributed by atoms with E-state index in [0.717, 1.165) is 5.56 Å². The predicted octanol–water partition coefficient (Wildman–Crippen LogP) is 1.56. The molecule has 1 aromatic carbocycles. The van der Waals surface area contributed by atoms with Gasteiger partial charge in [0.25, 0.3) is 5.91 Å². The predicted molar refractivity (Wildman–Crippen MR) is 91.4 cm³/mol. The molecule has 0 aliphatic carbocycles. The van der Waals surface area contributed by atoms with Crippen LogP contribution < -0.4 is 11.2 Å². The third-order valence-corrected chi connectivity index (χ3v) is 3.89. The summed E-state index contributed by atoms with van der Waals surface area (Å²) in [6.45, 7) is 3.84. The van der Waals surface area contributed by atoms with Crippen LogP contribution in [-0.4, -0.2) is 47.8 Å². The molecule has 1 aliphatic rings. The fraction of sp³-hybridized carbons (Fsp3) is 0.357. The maximum Gasteiger partial charge on any atom is 0.277 e. The minimum absolute atomic E-state index is 0.0243. The molecular weight excluding hydrogens is 324 g/mol. The lowest BCUT2D eigenvalue weighted by molar-refractivity contribution is -0.127. The highest BCUT2D eigenvalue weighted by Crippen LogP contribution is 2.22. The normalized spacial score (nSPS) is 15.5. The van der Waals surface area contributed by atoms with Crippen molar-refractivity contribution in [3.05, 3.63) is 28.8 Å². The van der Waals surface area contributed by atoms with Crippen LogP contribution in [-0.2, 0) is 9.53 Å². The minimum Gasteiger partial charge on any atom is -0.388 e. The zero-order valence-corrected chi connectivity index (χ0v) is 13.7. The fourth-order valence-electron chi connectivity index (χ4n) is 1.97. The second-order valence-electron chi connectivity index (χ2n) is 4.75. The number of hydrazone groups is 1. The van der Waals surface area contributed by atoms with Gasteiger partial charge in [-0.15, -0.1) is 0 Å². The number of rotatable bonds is 4. The first kappa shape index (κ1) is 16.7. The molecule has 8 heteroatoms. The number of carbonyl (C=O) groups excluding carboxylic acids is 1. The summed E-state index contributed by atoms with van der Waals surface area (Å²) in [7, 11) is 0. The van der Waals surface area contributed by atoms with Crippen molar-refractivity contribution in [2.24, 2.45) is 10.8 Å². The average Bonchev–Trinajstić information content (AvgIpc) is 2.52. The summed E-state index contributed by atoms with van der Waals surface area (Å²) >= 11 is 11.0. The number of carbonyl (C=O) groups is 1. The first-order valence-corrected chi connectivity index (χ1v) is 7.55. The summed E-state index contributed by atoms with van der Waals surface area (Å²) in [6.07, 6.45) is 0. The van der Waals surface area contributed by atoms with Crippen molar-refractivity contribution in [3.63, 3.8) is 0 Å². The Balaban J connectivity index is 2.18. The zero-order valence-electron chi connectivity index (χ0n) is 12.1. The second-order valence-corrected chi connectivity index (χ2v) is 5.60. The van der Waals surface area contributed by atoms with Crippen LogP contribution in [0.4, 0.5) is 5.69 Å². The van der Waals surface area contributed by atoms with Gasteiger partial charge in [-0.25, -0.2) is 0 Å². The molecule has 1 aromatic rings. The van der Waals surface area contributed by atoms with E-state index in [1.807, 2.05) is 6.92 Å². The molecule has 118 valence electrons. The Bertz CT molecular complexity index is 615. The molecule has 0 unspecified atom stereocenters. The molecule has 0 aromatic heterocycles.